The molecule has 0 bridgehead atoms. The highest BCUT2D eigenvalue weighted by Gasteiger charge is 2.25. The third-order valence-corrected chi connectivity index (χ3v) is 5.05. The number of benzene rings is 1. The van der Waals surface area contributed by atoms with Crippen LogP contribution in [-0.2, 0) is 0 Å². The van der Waals surface area contributed by atoms with Crippen LogP contribution in [0.15, 0.2) is 18.2 Å². The smallest absolute Gasteiger partial charge is 0.255 e. The number of rotatable bonds is 2. The summed E-state index contributed by atoms with van der Waals surface area (Å²) in [5.41, 5.74) is 2.57. The van der Waals surface area contributed by atoms with Crippen molar-refractivity contribution in [1.82, 2.24) is 14.9 Å². The van der Waals surface area contributed by atoms with Gasteiger partial charge in [0.05, 0.1) is 10.6 Å². The van der Waals surface area contributed by atoms with E-state index in [4.69, 9.17) is 23.2 Å². The molecule has 1 aliphatic rings. The van der Waals surface area contributed by atoms with E-state index in [2.05, 4.69) is 14.9 Å². The maximum absolute atomic E-state index is 12.7. The number of carbonyl (C=O) groups is 1. The summed E-state index contributed by atoms with van der Waals surface area (Å²) in [6.45, 7) is 8.64. The number of halogens is 2. The zero-order chi connectivity index (χ0) is 18.1. The maximum atomic E-state index is 12.7. The third-order valence-electron chi connectivity index (χ3n) is 4.50. The lowest BCUT2D eigenvalue weighted by Gasteiger charge is -2.36. The van der Waals surface area contributed by atoms with Crippen LogP contribution in [0.25, 0.3) is 0 Å². The van der Waals surface area contributed by atoms with E-state index in [0.29, 0.717) is 28.7 Å². The van der Waals surface area contributed by atoms with Crippen LogP contribution in [-0.4, -0.2) is 47.0 Å². The highest BCUT2D eigenvalue weighted by Crippen LogP contribution is 2.24. The maximum Gasteiger partial charge on any atom is 0.255 e. The normalized spacial score (nSPS) is 14.8. The van der Waals surface area contributed by atoms with Gasteiger partial charge in [0.2, 0.25) is 0 Å². The number of nitrogens with zero attached hydrogens (tertiary/aromatic N) is 4. The summed E-state index contributed by atoms with van der Waals surface area (Å²) in [4.78, 5) is 25.7. The molecule has 2 heterocycles. The molecule has 5 nitrogen and oxygen atoms in total. The van der Waals surface area contributed by atoms with E-state index in [1.165, 1.54) is 0 Å². The van der Waals surface area contributed by atoms with Crippen LogP contribution >= 0.6 is 23.2 Å². The first-order valence-corrected chi connectivity index (χ1v) is 8.93. The summed E-state index contributed by atoms with van der Waals surface area (Å²) < 4.78 is 0. The lowest BCUT2D eigenvalue weighted by molar-refractivity contribution is 0.0746. The number of carbonyl (C=O) groups excluding carboxylic acids is 1. The van der Waals surface area contributed by atoms with E-state index >= 15 is 0 Å². The fourth-order valence-electron chi connectivity index (χ4n) is 3.01. The number of piperazine rings is 1. The summed E-state index contributed by atoms with van der Waals surface area (Å²) in [6, 6.07) is 4.97. The summed E-state index contributed by atoms with van der Waals surface area (Å²) in [5.74, 6) is 1.67. The van der Waals surface area contributed by atoms with Crippen molar-refractivity contribution >= 4 is 34.9 Å². The first-order valence-electron chi connectivity index (χ1n) is 8.18. The molecule has 132 valence electrons. The van der Waals surface area contributed by atoms with Crippen molar-refractivity contribution in [2.75, 3.05) is 31.1 Å². The molecule has 1 aromatic carbocycles. The lowest BCUT2D eigenvalue weighted by atomic mass is 10.1. The average Bonchev–Trinajstić information content (AvgIpc) is 2.58. The Labute approximate surface area is 157 Å². The standard InChI is InChI=1S/C18H20Cl2N4O/c1-11-12(2)21-13(3)22-17(11)23-6-8-24(9-7-23)18(25)15-5-4-14(19)10-16(15)20/h4-5,10H,6-9H2,1-3H3. The van der Waals surface area contributed by atoms with Crippen molar-refractivity contribution in [2.45, 2.75) is 20.8 Å². The van der Waals surface area contributed by atoms with Gasteiger partial charge in [-0.25, -0.2) is 9.97 Å². The summed E-state index contributed by atoms with van der Waals surface area (Å²) >= 11 is 12.1. The molecule has 1 aliphatic heterocycles. The van der Waals surface area contributed by atoms with E-state index in [0.717, 1.165) is 36.0 Å². The van der Waals surface area contributed by atoms with Crippen molar-refractivity contribution in [1.29, 1.82) is 0 Å². The molecule has 1 fully saturated rings. The Balaban J connectivity index is 1.73. The number of aromatic nitrogens is 2. The predicted octanol–water partition coefficient (Wildman–Crippen LogP) is 3.67. The molecule has 0 spiro atoms. The summed E-state index contributed by atoms with van der Waals surface area (Å²) in [5, 5.41) is 0.911. The minimum atomic E-state index is -0.0620. The van der Waals surface area contributed by atoms with Crippen molar-refractivity contribution in [2.24, 2.45) is 0 Å². The van der Waals surface area contributed by atoms with E-state index in [1.807, 2.05) is 25.7 Å². The Bertz CT molecular complexity index is 817. The Kier molecular flexibility index (Phi) is 5.16. The van der Waals surface area contributed by atoms with Crippen molar-refractivity contribution in [3.63, 3.8) is 0 Å². The van der Waals surface area contributed by atoms with Gasteiger partial charge in [-0.05, 0) is 39.0 Å². The molecular formula is C18H20Cl2N4O. The number of aryl methyl sites for hydroxylation is 2. The molecule has 7 heteroatoms. The Morgan fingerprint density at radius 1 is 1.04 bits per heavy atom. The average molecular weight is 379 g/mol. The van der Waals surface area contributed by atoms with Crippen LogP contribution in [0.2, 0.25) is 10.0 Å². The van der Waals surface area contributed by atoms with Crippen LogP contribution in [0.5, 0.6) is 0 Å². The van der Waals surface area contributed by atoms with Gasteiger partial charge in [0.25, 0.3) is 5.91 Å². The Hall–Kier alpha value is -1.85. The molecule has 0 unspecified atom stereocenters. The monoisotopic (exact) mass is 378 g/mol. The van der Waals surface area contributed by atoms with Gasteiger partial charge >= 0.3 is 0 Å². The second-order valence-electron chi connectivity index (χ2n) is 6.21. The predicted molar refractivity (Wildman–Crippen MR) is 101 cm³/mol. The number of amides is 1. The Morgan fingerprint density at radius 3 is 2.36 bits per heavy atom. The molecule has 25 heavy (non-hydrogen) atoms. The summed E-state index contributed by atoms with van der Waals surface area (Å²) in [7, 11) is 0. The topological polar surface area (TPSA) is 49.3 Å². The molecule has 2 aromatic rings. The molecule has 0 saturated carbocycles. The molecular weight excluding hydrogens is 359 g/mol. The van der Waals surface area contributed by atoms with Gasteiger partial charge in [0.15, 0.2) is 0 Å². The van der Waals surface area contributed by atoms with Crippen LogP contribution < -0.4 is 4.90 Å². The van der Waals surface area contributed by atoms with Crippen LogP contribution in [0, 0.1) is 20.8 Å². The largest absolute Gasteiger partial charge is 0.353 e. The van der Waals surface area contributed by atoms with Gasteiger partial charge in [-0.3, -0.25) is 4.79 Å². The minimum Gasteiger partial charge on any atom is -0.353 e. The van der Waals surface area contributed by atoms with E-state index in [1.54, 1.807) is 18.2 Å². The van der Waals surface area contributed by atoms with E-state index < -0.39 is 0 Å². The zero-order valence-corrected chi connectivity index (χ0v) is 16.0. The van der Waals surface area contributed by atoms with Crippen molar-refractivity contribution in [3.05, 3.63) is 50.9 Å². The second kappa shape index (κ2) is 7.18. The molecule has 0 radical (unpaired) electrons. The quantitative estimate of drug-likeness (QED) is 0.799. The van der Waals surface area contributed by atoms with Crippen molar-refractivity contribution in [3.8, 4) is 0 Å². The molecule has 0 atom stereocenters. The van der Waals surface area contributed by atoms with Crippen molar-refractivity contribution < 1.29 is 4.79 Å². The fraction of sp³-hybridized carbons (Fsp3) is 0.389. The van der Waals surface area contributed by atoms with Crippen LogP contribution in [0.1, 0.15) is 27.4 Å². The highest BCUT2D eigenvalue weighted by molar-refractivity contribution is 6.36. The first kappa shape index (κ1) is 18.0. The van der Waals surface area contributed by atoms with E-state index in [9.17, 15) is 4.79 Å². The van der Waals surface area contributed by atoms with Gasteiger partial charge in [0.1, 0.15) is 11.6 Å². The van der Waals surface area contributed by atoms with Crippen LogP contribution in [0.3, 0.4) is 0 Å². The Morgan fingerprint density at radius 2 is 1.72 bits per heavy atom. The number of hydrogen-bond donors (Lipinski definition) is 0. The van der Waals surface area contributed by atoms with Gasteiger partial charge < -0.3 is 9.80 Å². The molecule has 3 rings (SSSR count). The third kappa shape index (κ3) is 3.72. The van der Waals surface area contributed by atoms with E-state index in [-0.39, 0.29) is 5.91 Å². The minimum absolute atomic E-state index is 0.0620. The van der Waals surface area contributed by atoms with Gasteiger partial charge in [-0.2, -0.15) is 0 Å². The highest BCUT2D eigenvalue weighted by atomic mass is 35.5. The van der Waals surface area contributed by atoms with Gasteiger partial charge in [0, 0.05) is 42.5 Å². The lowest BCUT2D eigenvalue weighted by Crippen LogP contribution is -2.49. The number of hydrogen-bond acceptors (Lipinski definition) is 4. The SMILES string of the molecule is Cc1nc(C)c(C)c(N2CCN(C(=O)c3ccc(Cl)cc3Cl)CC2)n1. The van der Waals surface area contributed by atoms with Crippen LogP contribution in [0.4, 0.5) is 5.82 Å². The molecule has 1 saturated heterocycles. The fourth-order valence-corrected chi connectivity index (χ4v) is 3.50. The molecule has 1 amide bonds. The zero-order valence-electron chi connectivity index (χ0n) is 14.5. The second-order valence-corrected chi connectivity index (χ2v) is 7.05. The summed E-state index contributed by atoms with van der Waals surface area (Å²) in [6.07, 6.45) is 0. The molecule has 1 aromatic heterocycles. The number of anilines is 1. The molecule has 0 aliphatic carbocycles. The van der Waals surface area contributed by atoms with Gasteiger partial charge in [-0.1, -0.05) is 23.2 Å². The first-order chi connectivity index (χ1) is 11.9. The molecule has 0 N–H and O–H groups in total. The van der Waals surface area contributed by atoms with Gasteiger partial charge in [-0.15, -0.1) is 0 Å².